The highest BCUT2D eigenvalue weighted by Gasteiger charge is 2.30. The van der Waals surface area contributed by atoms with Crippen LogP contribution in [0.5, 0.6) is 0 Å². The molecule has 2 N–H and O–H groups in total. The summed E-state index contributed by atoms with van der Waals surface area (Å²) in [6, 6.07) is 4.47. The molecule has 1 unspecified atom stereocenters. The summed E-state index contributed by atoms with van der Waals surface area (Å²) < 4.78 is 37.2. The molecule has 18 heavy (non-hydrogen) atoms. The third-order valence-corrected chi connectivity index (χ3v) is 3.54. The predicted molar refractivity (Wildman–Crippen MR) is 64.3 cm³/mol. The van der Waals surface area contributed by atoms with E-state index in [1.165, 1.54) is 23.5 Å². The first-order valence-corrected chi connectivity index (χ1v) is 6.04. The van der Waals surface area contributed by atoms with Crippen LogP contribution in [0.2, 0.25) is 0 Å². The van der Waals surface area contributed by atoms with Crippen LogP contribution in [-0.2, 0) is 6.18 Å². The first-order chi connectivity index (χ1) is 8.38. The number of halogens is 3. The van der Waals surface area contributed by atoms with Gasteiger partial charge in [-0.15, -0.1) is 11.3 Å². The van der Waals surface area contributed by atoms with Crippen molar-refractivity contribution in [3.05, 3.63) is 51.5 Å². The molecule has 0 bridgehead atoms. The molecule has 2 nitrogen and oxygen atoms in total. The number of nitrogens with zero attached hydrogens (tertiary/aromatic N) is 1. The van der Waals surface area contributed by atoms with E-state index in [1.807, 2.05) is 6.92 Å². The summed E-state index contributed by atoms with van der Waals surface area (Å²) in [5, 5.41) is 0.882. The second-order valence-electron chi connectivity index (χ2n) is 3.88. The number of hydrogen-bond donors (Lipinski definition) is 1. The monoisotopic (exact) mass is 272 g/mol. The Morgan fingerprint density at radius 2 is 1.83 bits per heavy atom. The standard InChI is InChI=1S/C12H11F3N2S/c1-7-17-6-10(18-7)11(16)8-2-4-9(5-3-8)12(13,14)15/h2-6,11H,16H2,1H3. The second-order valence-corrected chi connectivity index (χ2v) is 5.15. The van der Waals surface area contributed by atoms with Gasteiger partial charge in [0.1, 0.15) is 0 Å². The zero-order valence-corrected chi connectivity index (χ0v) is 10.3. The van der Waals surface area contributed by atoms with E-state index >= 15 is 0 Å². The number of aryl methyl sites for hydroxylation is 1. The topological polar surface area (TPSA) is 38.9 Å². The van der Waals surface area contributed by atoms with Crippen LogP contribution in [-0.4, -0.2) is 4.98 Å². The molecule has 2 aromatic rings. The van der Waals surface area contributed by atoms with Gasteiger partial charge in [0.25, 0.3) is 0 Å². The molecule has 0 radical (unpaired) electrons. The van der Waals surface area contributed by atoms with Gasteiger partial charge in [0.2, 0.25) is 0 Å². The number of nitrogens with two attached hydrogens (primary N) is 1. The molecule has 1 aromatic carbocycles. The van der Waals surface area contributed by atoms with E-state index in [0.29, 0.717) is 5.56 Å². The van der Waals surface area contributed by atoms with Crippen LogP contribution in [0.15, 0.2) is 30.5 Å². The number of hydrogen-bond acceptors (Lipinski definition) is 3. The Morgan fingerprint density at radius 1 is 1.22 bits per heavy atom. The lowest BCUT2D eigenvalue weighted by Crippen LogP contribution is -2.11. The van der Waals surface area contributed by atoms with Crippen molar-refractivity contribution in [2.45, 2.75) is 19.1 Å². The quantitative estimate of drug-likeness (QED) is 0.908. The summed E-state index contributed by atoms with van der Waals surface area (Å²) in [6.07, 6.45) is -2.66. The molecule has 0 fully saturated rings. The van der Waals surface area contributed by atoms with Gasteiger partial charge in [-0.1, -0.05) is 12.1 Å². The van der Waals surface area contributed by atoms with E-state index in [9.17, 15) is 13.2 Å². The SMILES string of the molecule is Cc1ncc(C(N)c2ccc(C(F)(F)F)cc2)s1. The number of alkyl halides is 3. The fourth-order valence-corrected chi connectivity index (χ4v) is 2.38. The highest BCUT2D eigenvalue weighted by molar-refractivity contribution is 7.11. The van der Waals surface area contributed by atoms with Gasteiger partial charge in [-0.25, -0.2) is 4.98 Å². The van der Waals surface area contributed by atoms with Crippen molar-refractivity contribution < 1.29 is 13.2 Å². The van der Waals surface area contributed by atoms with Gasteiger partial charge in [-0.3, -0.25) is 0 Å². The van der Waals surface area contributed by atoms with Crippen molar-refractivity contribution in [2.75, 3.05) is 0 Å². The van der Waals surface area contributed by atoms with E-state index in [2.05, 4.69) is 4.98 Å². The van der Waals surface area contributed by atoms with Crippen molar-refractivity contribution in [1.29, 1.82) is 0 Å². The molecule has 0 aliphatic heterocycles. The smallest absolute Gasteiger partial charge is 0.320 e. The van der Waals surface area contributed by atoms with Crippen LogP contribution >= 0.6 is 11.3 Å². The Labute approximate surface area is 106 Å². The van der Waals surface area contributed by atoms with Gasteiger partial charge in [0.15, 0.2) is 0 Å². The van der Waals surface area contributed by atoms with Crippen LogP contribution in [0.4, 0.5) is 13.2 Å². The highest BCUT2D eigenvalue weighted by Crippen LogP contribution is 2.31. The predicted octanol–water partition coefficient (Wildman–Crippen LogP) is 3.52. The second kappa shape index (κ2) is 4.70. The molecule has 96 valence electrons. The Kier molecular flexibility index (Phi) is 3.41. The van der Waals surface area contributed by atoms with Crippen molar-refractivity contribution in [1.82, 2.24) is 4.98 Å². The Hall–Kier alpha value is -1.40. The van der Waals surface area contributed by atoms with Crippen molar-refractivity contribution in [3.63, 3.8) is 0 Å². The van der Waals surface area contributed by atoms with E-state index in [1.54, 1.807) is 6.20 Å². The van der Waals surface area contributed by atoms with Crippen LogP contribution in [0, 0.1) is 6.92 Å². The number of thiazole rings is 1. The van der Waals surface area contributed by atoms with Crippen molar-refractivity contribution in [2.24, 2.45) is 5.73 Å². The summed E-state index contributed by atoms with van der Waals surface area (Å²) in [6.45, 7) is 1.85. The molecule has 0 amide bonds. The molecule has 2 rings (SSSR count). The van der Waals surface area contributed by atoms with Crippen molar-refractivity contribution in [3.8, 4) is 0 Å². The third kappa shape index (κ3) is 2.70. The normalized spacial score (nSPS) is 13.6. The van der Waals surface area contributed by atoms with Crippen LogP contribution < -0.4 is 5.73 Å². The van der Waals surface area contributed by atoms with Gasteiger partial charge in [0.05, 0.1) is 16.6 Å². The summed E-state index contributed by atoms with van der Waals surface area (Å²) >= 11 is 1.44. The van der Waals surface area contributed by atoms with Gasteiger partial charge >= 0.3 is 6.18 Å². The molecule has 0 aliphatic rings. The fraction of sp³-hybridized carbons (Fsp3) is 0.250. The summed E-state index contributed by atoms with van der Waals surface area (Å²) in [4.78, 5) is 4.92. The van der Waals surface area contributed by atoms with Crippen LogP contribution in [0.25, 0.3) is 0 Å². The summed E-state index contributed by atoms with van der Waals surface area (Å²) in [7, 11) is 0. The summed E-state index contributed by atoms with van der Waals surface area (Å²) in [5.74, 6) is 0. The lowest BCUT2D eigenvalue weighted by Gasteiger charge is -2.11. The molecular weight excluding hydrogens is 261 g/mol. The Morgan fingerprint density at radius 3 is 2.28 bits per heavy atom. The average Bonchev–Trinajstić information content (AvgIpc) is 2.74. The van der Waals surface area contributed by atoms with E-state index in [4.69, 9.17) is 5.73 Å². The maximum absolute atomic E-state index is 12.4. The third-order valence-electron chi connectivity index (χ3n) is 2.54. The molecule has 1 heterocycles. The number of benzene rings is 1. The maximum Gasteiger partial charge on any atom is 0.416 e. The maximum atomic E-state index is 12.4. The van der Waals surface area contributed by atoms with Gasteiger partial charge in [-0.05, 0) is 24.6 Å². The largest absolute Gasteiger partial charge is 0.416 e. The van der Waals surface area contributed by atoms with Crippen LogP contribution in [0.3, 0.4) is 0 Å². The van der Waals surface area contributed by atoms with Gasteiger partial charge < -0.3 is 5.73 Å². The lowest BCUT2D eigenvalue weighted by atomic mass is 10.0. The van der Waals surface area contributed by atoms with Crippen molar-refractivity contribution >= 4 is 11.3 Å². The molecule has 1 atom stereocenters. The fourth-order valence-electron chi connectivity index (χ4n) is 1.57. The molecule has 0 aliphatic carbocycles. The first-order valence-electron chi connectivity index (χ1n) is 5.23. The Bertz CT molecular complexity index is 531. The minimum atomic E-state index is -4.32. The lowest BCUT2D eigenvalue weighted by molar-refractivity contribution is -0.137. The number of rotatable bonds is 2. The van der Waals surface area contributed by atoms with E-state index < -0.39 is 17.8 Å². The molecule has 0 saturated heterocycles. The summed E-state index contributed by atoms with van der Waals surface area (Å²) in [5.41, 5.74) is 5.96. The molecule has 6 heteroatoms. The molecule has 0 spiro atoms. The van der Waals surface area contributed by atoms with Gasteiger partial charge in [-0.2, -0.15) is 13.2 Å². The number of aromatic nitrogens is 1. The highest BCUT2D eigenvalue weighted by atomic mass is 32.1. The molecule has 1 aromatic heterocycles. The first kappa shape index (κ1) is 13.0. The zero-order chi connectivity index (χ0) is 13.3. The molecular formula is C12H11F3N2S. The van der Waals surface area contributed by atoms with Crippen LogP contribution in [0.1, 0.15) is 27.1 Å². The van der Waals surface area contributed by atoms with Gasteiger partial charge in [0, 0.05) is 11.1 Å². The van der Waals surface area contributed by atoms with E-state index in [-0.39, 0.29) is 0 Å². The zero-order valence-electron chi connectivity index (χ0n) is 9.53. The molecule has 0 saturated carbocycles. The van der Waals surface area contributed by atoms with E-state index in [0.717, 1.165) is 22.0 Å². The minimum absolute atomic E-state index is 0.432. The Balaban J connectivity index is 2.24. The minimum Gasteiger partial charge on any atom is -0.320 e. The average molecular weight is 272 g/mol.